The summed E-state index contributed by atoms with van der Waals surface area (Å²) in [5.41, 5.74) is 1.42. The van der Waals surface area contributed by atoms with E-state index < -0.39 is 24.0 Å². The van der Waals surface area contributed by atoms with E-state index in [0.29, 0.717) is 11.3 Å². The fourth-order valence-corrected chi connectivity index (χ4v) is 2.29. The van der Waals surface area contributed by atoms with E-state index in [2.05, 4.69) is 10.6 Å². The van der Waals surface area contributed by atoms with Crippen molar-refractivity contribution in [2.24, 2.45) is 0 Å². The average molecular weight is 370 g/mol. The van der Waals surface area contributed by atoms with Crippen LogP contribution >= 0.6 is 0 Å². The number of imide groups is 1. The summed E-state index contributed by atoms with van der Waals surface area (Å²) in [7, 11) is 1.38. The molecule has 0 fully saturated rings. The van der Waals surface area contributed by atoms with Crippen LogP contribution in [0.4, 0.5) is 4.79 Å². The Bertz CT molecular complexity index is 792. The molecule has 0 unspecified atom stereocenters. The third-order valence-electron chi connectivity index (χ3n) is 3.71. The Morgan fingerprint density at radius 2 is 1.67 bits per heavy atom. The van der Waals surface area contributed by atoms with Crippen molar-refractivity contribution in [2.75, 3.05) is 13.7 Å². The molecule has 2 aromatic carbocycles. The van der Waals surface area contributed by atoms with Crippen LogP contribution in [0.5, 0.6) is 5.75 Å². The quantitative estimate of drug-likeness (QED) is 0.731. The van der Waals surface area contributed by atoms with E-state index in [0.717, 1.165) is 5.56 Å². The number of urea groups is 1. The van der Waals surface area contributed by atoms with Crippen molar-refractivity contribution in [1.82, 2.24) is 10.6 Å². The first-order valence-corrected chi connectivity index (χ1v) is 8.46. The summed E-state index contributed by atoms with van der Waals surface area (Å²) >= 11 is 0. The monoisotopic (exact) mass is 370 g/mol. The van der Waals surface area contributed by atoms with Gasteiger partial charge in [0.1, 0.15) is 5.75 Å². The van der Waals surface area contributed by atoms with Gasteiger partial charge in [-0.3, -0.25) is 14.9 Å². The molecule has 0 aliphatic carbocycles. The molecule has 0 heterocycles. The molecule has 0 saturated heterocycles. The highest BCUT2D eigenvalue weighted by atomic mass is 16.6. The van der Waals surface area contributed by atoms with Crippen LogP contribution in [0.2, 0.25) is 0 Å². The molecule has 0 radical (unpaired) electrons. The van der Waals surface area contributed by atoms with Crippen LogP contribution in [0.1, 0.15) is 23.7 Å². The normalized spacial score (nSPS) is 11.2. The molecule has 0 spiro atoms. The van der Waals surface area contributed by atoms with E-state index in [1.807, 2.05) is 31.2 Å². The lowest BCUT2D eigenvalue weighted by Crippen LogP contribution is -2.41. The summed E-state index contributed by atoms with van der Waals surface area (Å²) < 4.78 is 10.9. The lowest BCUT2D eigenvalue weighted by atomic mass is 10.1. The molecule has 7 nitrogen and oxygen atoms in total. The van der Waals surface area contributed by atoms with Crippen LogP contribution in [0.15, 0.2) is 54.6 Å². The third-order valence-corrected chi connectivity index (χ3v) is 3.71. The van der Waals surface area contributed by atoms with Gasteiger partial charge in [-0.15, -0.1) is 0 Å². The number of hydrogen-bond acceptors (Lipinski definition) is 5. The Hall–Kier alpha value is -3.35. The first-order chi connectivity index (χ1) is 13.0. The number of ether oxygens (including phenoxy) is 2. The van der Waals surface area contributed by atoms with E-state index in [9.17, 15) is 14.4 Å². The van der Waals surface area contributed by atoms with Crippen LogP contribution in [-0.2, 0) is 14.3 Å². The number of aryl methyl sites for hydroxylation is 1. The highest BCUT2D eigenvalue weighted by Crippen LogP contribution is 2.19. The molecule has 0 bridgehead atoms. The summed E-state index contributed by atoms with van der Waals surface area (Å²) in [6.45, 7) is 2.02. The molecule has 1 atom stereocenters. The molecule has 142 valence electrons. The standard InChI is InChI=1S/C20H22N2O5/c1-14-8-6-7-11-16(14)26-13-12-17(23)27-18(15-9-4-3-5-10-15)19(24)22-20(25)21-2/h3-11,18H,12-13H2,1-2H3,(H2,21,22,24,25)/t18-/m0/s1. The van der Waals surface area contributed by atoms with Crippen LogP contribution in [0.25, 0.3) is 0 Å². The van der Waals surface area contributed by atoms with Gasteiger partial charge in [0.15, 0.2) is 0 Å². The van der Waals surface area contributed by atoms with Gasteiger partial charge in [-0.2, -0.15) is 0 Å². The summed E-state index contributed by atoms with van der Waals surface area (Å²) in [5, 5.41) is 4.41. The average Bonchev–Trinajstić information content (AvgIpc) is 2.68. The van der Waals surface area contributed by atoms with Gasteiger partial charge in [0, 0.05) is 12.6 Å². The minimum absolute atomic E-state index is 0.0368. The van der Waals surface area contributed by atoms with Crippen molar-refractivity contribution >= 4 is 17.9 Å². The maximum absolute atomic E-state index is 12.3. The minimum Gasteiger partial charge on any atom is -0.493 e. The molecule has 7 heteroatoms. The van der Waals surface area contributed by atoms with Gasteiger partial charge in [-0.1, -0.05) is 48.5 Å². The second-order valence-corrected chi connectivity index (χ2v) is 5.71. The fourth-order valence-electron chi connectivity index (χ4n) is 2.29. The number of amides is 3. The zero-order valence-electron chi connectivity index (χ0n) is 15.2. The van der Waals surface area contributed by atoms with Gasteiger partial charge in [-0.05, 0) is 18.6 Å². The predicted octanol–water partition coefficient (Wildman–Crippen LogP) is 2.50. The molecular formula is C20H22N2O5. The predicted molar refractivity (Wildman–Crippen MR) is 99.2 cm³/mol. The minimum atomic E-state index is -1.23. The molecule has 2 rings (SSSR count). The topological polar surface area (TPSA) is 93.7 Å². The van der Waals surface area contributed by atoms with Crippen LogP contribution < -0.4 is 15.4 Å². The van der Waals surface area contributed by atoms with Gasteiger partial charge < -0.3 is 14.8 Å². The lowest BCUT2D eigenvalue weighted by molar-refractivity contribution is -0.156. The fraction of sp³-hybridized carbons (Fsp3) is 0.250. The SMILES string of the molecule is CNC(=O)NC(=O)[C@@H](OC(=O)CCOc1ccccc1C)c1ccccc1. The number of benzene rings is 2. The largest absolute Gasteiger partial charge is 0.493 e. The van der Waals surface area contributed by atoms with Crippen LogP contribution in [0.3, 0.4) is 0 Å². The molecule has 0 saturated carbocycles. The van der Waals surface area contributed by atoms with E-state index in [-0.39, 0.29) is 13.0 Å². The van der Waals surface area contributed by atoms with Crippen LogP contribution in [-0.4, -0.2) is 31.6 Å². The first kappa shape index (κ1) is 20.0. The Kier molecular flexibility index (Phi) is 7.37. The molecule has 27 heavy (non-hydrogen) atoms. The van der Waals surface area contributed by atoms with Gasteiger partial charge >= 0.3 is 12.0 Å². The summed E-state index contributed by atoms with van der Waals surface area (Å²) in [5.74, 6) is -0.652. The maximum Gasteiger partial charge on any atom is 0.321 e. The lowest BCUT2D eigenvalue weighted by Gasteiger charge is -2.17. The zero-order chi connectivity index (χ0) is 19.6. The Labute approximate surface area is 157 Å². The van der Waals surface area contributed by atoms with Gasteiger partial charge in [-0.25, -0.2) is 4.79 Å². The van der Waals surface area contributed by atoms with Crippen molar-refractivity contribution in [1.29, 1.82) is 0 Å². The number of rotatable bonds is 7. The third kappa shape index (κ3) is 6.14. The highest BCUT2D eigenvalue weighted by molar-refractivity contribution is 5.97. The zero-order valence-corrected chi connectivity index (χ0v) is 15.2. The van der Waals surface area contributed by atoms with E-state index >= 15 is 0 Å². The number of nitrogens with one attached hydrogen (secondary N) is 2. The highest BCUT2D eigenvalue weighted by Gasteiger charge is 2.26. The summed E-state index contributed by atoms with van der Waals surface area (Å²) in [6.07, 6.45) is -1.26. The van der Waals surface area contributed by atoms with Gasteiger partial charge in [0.05, 0.1) is 13.0 Å². The summed E-state index contributed by atoms with van der Waals surface area (Å²) in [4.78, 5) is 35.9. The van der Waals surface area contributed by atoms with Gasteiger partial charge in [0.2, 0.25) is 6.10 Å². The number of esters is 1. The van der Waals surface area contributed by atoms with Crippen molar-refractivity contribution in [3.8, 4) is 5.75 Å². The number of carbonyl (C=O) groups excluding carboxylic acids is 3. The van der Waals surface area contributed by atoms with Crippen molar-refractivity contribution in [2.45, 2.75) is 19.4 Å². The molecule has 2 aromatic rings. The first-order valence-electron chi connectivity index (χ1n) is 8.46. The van der Waals surface area contributed by atoms with E-state index in [1.165, 1.54) is 7.05 Å². The van der Waals surface area contributed by atoms with Crippen molar-refractivity contribution < 1.29 is 23.9 Å². The van der Waals surface area contributed by atoms with Crippen LogP contribution in [0, 0.1) is 6.92 Å². The Balaban J connectivity index is 1.97. The molecule has 0 aliphatic heterocycles. The second-order valence-electron chi connectivity index (χ2n) is 5.71. The van der Waals surface area contributed by atoms with E-state index in [1.54, 1.807) is 30.3 Å². The van der Waals surface area contributed by atoms with Gasteiger partial charge in [0.25, 0.3) is 5.91 Å². The van der Waals surface area contributed by atoms with Crippen molar-refractivity contribution in [3.63, 3.8) is 0 Å². The van der Waals surface area contributed by atoms with E-state index in [4.69, 9.17) is 9.47 Å². The molecule has 0 aliphatic rings. The Morgan fingerprint density at radius 3 is 2.33 bits per heavy atom. The molecule has 3 amide bonds. The number of hydrogen-bond donors (Lipinski definition) is 2. The summed E-state index contributed by atoms with van der Waals surface area (Å²) in [6, 6.07) is 15.3. The second kappa shape index (κ2) is 9.96. The maximum atomic E-state index is 12.3. The molecule has 0 aromatic heterocycles. The molecular weight excluding hydrogens is 348 g/mol. The molecule has 2 N–H and O–H groups in total. The Morgan fingerprint density at radius 1 is 1.00 bits per heavy atom. The number of para-hydroxylation sites is 1. The van der Waals surface area contributed by atoms with Crippen molar-refractivity contribution in [3.05, 3.63) is 65.7 Å². The number of carbonyl (C=O) groups is 3. The smallest absolute Gasteiger partial charge is 0.321 e.